The summed E-state index contributed by atoms with van der Waals surface area (Å²) >= 11 is 0. The van der Waals surface area contributed by atoms with Crippen LogP contribution in [0.3, 0.4) is 0 Å². The fraction of sp³-hybridized carbons (Fsp3) is 0.438. The minimum atomic E-state index is -0.787. The molecule has 1 N–H and O–H groups in total. The van der Waals surface area contributed by atoms with Gasteiger partial charge in [0.25, 0.3) is 0 Å². The third-order valence-electron chi connectivity index (χ3n) is 4.15. The number of hydrogen-bond acceptors (Lipinski definition) is 2. The number of carboxylic acids is 1. The van der Waals surface area contributed by atoms with E-state index in [1.807, 2.05) is 30.3 Å². The second-order valence-electron chi connectivity index (χ2n) is 5.33. The summed E-state index contributed by atoms with van der Waals surface area (Å²) in [4.78, 5) is 11.6. The van der Waals surface area contributed by atoms with Crippen LogP contribution < -0.4 is 0 Å². The Labute approximate surface area is 112 Å². The van der Waals surface area contributed by atoms with Crippen LogP contribution in [0.2, 0.25) is 0 Å². The van der Waals surface area contributed by atoms with Crippen molar-refractivity contribution in [1.82, 2.24) is 0 Å². The largest absolute Gasteiger partial charge is 0.481 e. The standard InChI is InChI=1S/C16H16O3/c17-15(18)16(11-13-8-9-14(16)19-13)10-4-7-12-5-2-1-3-6-12/h1-3,5-6,13-14H,8-11H2,(H,17,18). The Balaban J connectivity index is 1.78. The zero-order valence-electron chi connectivity index (χ0n) is 10.6. The zero-order chi connectivity index (χ0) is 13.3. The van der Waals surface area contributed by atoms with Crippen molar-refractivity contribution in [3.63, 3.8) is 0 Å². The van der Waals surface area contributed by atoms with Crippen molar-refractivity contribution in [2.45, 2.75) is 37.9 Å². The maximum atomic E-state index is 11.6. The van der Waals surface area contributed by atoms with Gasteiger partial charge in [0, 0.05) is 12.0 Å². The predicted octanol–water partition coefficient (Wildman–Crippen LogP) is 2.45. The number of carbonyl (C=O) groups is 1. The van der Waals surface area contributed by atoms with Crippen LogP contribution >= 0.6 is 0 Å². The van der Waals surface area contributed by atoms with Gasteiger partial charge >= 0.3 is 5.97 Å². The summed E-state index contributed by atoms with van der Waals surface area (Å²) < 4.78 is 5.70. The van der Waals surface area contributed by atoms with Crippen LogP contribution in [-0.2, 0) is 9.53 Å². The quantitative estimate of drug-likeness (QED) is 0.827. The van der Waals surface area contributed by atoms with Gasteiger partial charge in [0.15, 0.2) is 0 Å². The van der Waals surface area contributed by atoms with Crippen LogP contribution in [0.15, 0.2) is 30.3 Å². The molecule has 0 spiro atoms. The molecular weight excluding hydrogens is 240 g/mol. The molecule has 1 aromatic carbocycles. The van der Waals surface area contributed by atoms with E-state index in [4.69, 9.17) is 4.74 Å². The first kappa shape index (κ1) is 12.3. The van der Waals surface area contributed by atoms with Gasteiger partial charge in [0.1, 0.15) is 5.41 Å². The van der Waals surface area contributed by atoms with E-state index in [2.05, 4.69) is 11.8 Å². The van der Waals surface area contributed by atoms with Gasteiger partial charge in [-0.1, -0.05) is 30.0 Å². The maximum Gasteiger partial charge on any atom is 0.313 e. The summed E-state index contributed by atoms with van der Waals surface area (Å²) in [6, 6.07) is 9.65. The maximum absolute atomic E-state index is 11.6. The lowest BCUT2D eigenvalue weighted by atomic mass is 9.72. The molecule has 2 aliphatic rings. The molecule has 2 heterocycles. The highest BCUT2D eigenvalue weighted by molar-refractivity contribution is 5.76. The number of aliphatic carboxylic acids is 1. The van der Waals surface area contributed by atoms with Gasteiger partial charge in [-0.15, -0.1) is 0 Å². The van der Waals surface area contributed by atoms with Crippen LogP contribution in [0.5, 0.6) is 0 Å². The minimum absolute atomic E-state index is 0.125. The molecule has 2 fully saturated rings. The van der Waals surface area contributed by atoms with Crippen molar-refractivity contribution < 1.29 is 14.6 Å². The fourth-order valence-electron chi connectivity index (χ4n) is 3.11. The summed E-state index contributed by atoms with van der Waals surface area (Å²) in [5, 5.41) is 9.54. The highest BCUT2D eigenvalue weighted by Gasteiger charge is 2.56. The van der Waals surface area contributed by atoms with Crippen LogP contribution in [-0.4, -0.2) is 23.3 Å². The van der Waals surface area contributed by atoms with E-state index in [9.17, 15) is 9.90 Å². The molecule has 98 valence electrons. The van der Waals surface area contributed by atoms with Crippen molar-refractivity contribution in [3.05, 3.63) is 35.9 Å². The molecule has 3 atom stereocenters. The number of rotatable bonds is 2. The van der Waals surface area contributed by atoms with E-state index in [-0.39, 0.29) is 12.2 Å². The third kappa shape index (κ3) is 2.13. The molecule has 3 heteroatoms. The van der Waals surface area contributed by atoms with E-state index in [0.29, 0.717) is 12.8 Å². The van der Waals surface area contributed by atoms with Crippen molar-refractivity contribution in [2.75, 3.05) is 0 Å². The van der Waals surface area contributed by atoms with Crippen LogP contribution in [0.25, 0.3) is 0 Å². The predicted molar refractivity (Wildman–Crippen MR) is 70.5 cm³/mol. The Bertz CT molecular complexity index is 540. The Hall–Kier alpha value is -1.79. The van der Waals surface area contributed by atoms with Crippen LogP contribution in [0.4, 0.5) is 0 Å². The first-order valence-electron chi connectivity index (χ1n) is 6.63. The zero-order valence-corrected chi connectivity index (χ0v) is 10.6. The molecule has 3 rings (SSSR count). The first-order chi connectivity index (χ1) is 9.21. The molecule has 2 bridgehead atoms. The lowest BCUT2D eigenvalue weighted by molar-refractivity contribution is -0.151. The van der Waals surface area contributed by atoms with Gasteiger partial charge in [0.2, 0.25) is 0 Å². The van der Waals surface area contributed by atoms with E-state index in [1.54, 1.807) is 0 Å². The highest BCUT2D eigenvalue weighted by atomic mass is 16.5. The average Bonchev–Trinajstić information content (AvgIpc) is 3.01. The highest BCUT2D eigenvalue weighted by Crippen LogP contribution is 2.49. The molecule has 0 saturated carbocycles. The van der Waals surface area contributed by atoms with Crippen molar-refractivity contribution >= 4 is 5.97 Å². The normalized spacial score (nSPS) is 31.8. The lowest BCUT2D eigenvalue weighted by Crippen LogP contribution is -2.39. The SMILES string of the molecule is O=C(O)C1(CC#Cc2ccccc2)CC2CCC1O2. The average molecular weight is 256 g/mol. The molecule has 19 heavy (non-hydrogen) atoms. The van der Waals surface area contributed by atoms with Crippen LogP contribution in [0.1, 0.15) is 31.2 Å². The van der Waals surface area contributed by atoms with E-state index in [0.717, 1.165) is 18.4 Å². The number of ether oxygens (including phenoxy) is 1. The molecule has 0 amide bonds. The van der Waals surface area contributed by atoms with E-state index >= 15 is 0 Å². The van der Waals surface area contributed by atoms with Gasteiger partial charge in [-0.25, -0.2) is 0 Å². The number of benzene rings is 1. The Morgan fingerprint density at radius 3 is 2.74 bits per heavy atom. The summed E-state index contributed by atoms with van der Waals surface area (Å²) in [5.41, 5.74) is 0.136. The Morgan fingerprint density at radius 2 is 2.16 bits per heavy atom. The number of hydrogen-bond donors (Lipinski definition) is 1. The fourth-order valence-corrected chi connectivity index (χ4v) is 3.11. The van der Waals surface area contributed by atoms with Gasteiger partial charge < -0.3 is 9.84 Å². The summed E-state index contributed by atoms with van der Waals surface area (Å²) in [6.45, 7) is 0. The Kier molecular flexibility index (Phi) is 3.04. The Morgan fingerprint density at radius 1 is 1.37 bits per heavy atom. The minimum Gasteiger partial charge on any atom is -0.481 e. The first-order valence-corrected chi connectivity index (χ1v) is 6.63. The van der Waals surface area contributed by atoms with Crippen molar-refractivity contribution in [1.29, 1.82) is 0 Å². The lowest BCUT2D eigenvalue weighted by Gasteiger charge is -2.28. The monoisotopic (exact) mass is 256 g/mol. The molecule has 2 aliphatic heterocycles. The summed E-state index contributed by atoms with van der Waals surface area (Å²) in [7, 11) is 0. The van der Waals surface area contributed by atoms with E-state index < -0.39 is 11.4 Å². The van der Waals surface area contributed by atoms with Gasteiger partial charge in [-0.2, -0.15) is 0 Å². The van der Waals surface area contributed by atoms with E-state index in [1.165, 1.54) is 0 Å². The number of fused-ring (bicyclic) bond motifs is 2. The van der Waals surface area contributed by atoms with Gasteiger partial charge in [-0.05, 0) is 31.4 Å². The molecule has 1 aromatic rings. The molecule has 0 aliphatic carbocycles. The third-order valence-corrected chi connectivity index (χ3v) is 4.15. The van der Waals surface area contributed by atoms with Crippen molar-refractivity contribution in [3.8, 4) is 11.8 Å². The smallest absolute Gasteiger partial charge is 0.313 e. The molecule has 0 aromatic heterocycles. The molecule has 3 unspecified atom stereocenters. The molecular formula is C16H16O3. The molecule has 0 radical (unpaired) electrons. The molecule has 3 nitrogen and oxygen atoms in total. The van der Waals surface area contributed by atoms with Gasteiger partial charge in [0.05, 0.1) is 12.2 Å². The van der Waals surface area contributed by atoms with Crippen molar-refractivity contribution in [2.24, 2.45) is 5.41 Å². The topological polar surface area (TPSA) is 46.5 Å². The second-order valence-corrected chi connectivity index (χ2v) is 5.33. The second kappa shape index (κ2) is 4.71. The number of carboxylic acid groups (broad SMARTS) is 1. The van der Waals surface area contributed by atoms with Gasteiger partial charge in [-0.3, -0.25) is 4.79 Å². The summed E-state index contributed by atoms with van der Waals surface area (Å²) in [6.07, 6.45) is 2.80. The van der Waals surface area contributed by atoms with Crippen LogP contribution in [0, 0.1) is 17.3 Å². The molecule has 2 saturated heterocycles. The summed E-state index contributed by atoms with van der Waals surface area (Å²) in [5.74, 6) is 5.32.